The Kier molecular flexibility index (Phi) is 5.61. The van der Waals surface area contributed by atoms with Crippen LogP contribution < -0.4 is 10.5 Å². The van der Waals surface area contributed by atoms with Crippen LogP contribution in [-0.4, -0.2) is 25.9 Å². The second-order valence-corrected chi connectivity index (χ2v) is 4.92. The fraction of sp³-hybridized carbons (Fsp3) is 0.600. The van der Waals surface area contributed by atoms with Crippen LogP contribution in [0.15, 0.2) is 18.2 Å². The molecule has 106 valence electrons. The van der Waals surface area contributed by atoms with Gasteiger partial charge in [-0.2, -0.15) is 0 Å². The van der Waals surface area contributed by atoms with Gasteiger partial charge in [0.15, 0.2) is 0 Å². The molecule has 4 heteroatoms. The van der Waals surface area contributed by atoms with Crippen molar-refractivity contribution in [2.45, 2.75) is 38.2 Å². The van der Waals surface area contributed by atoms with Crippen molar-refractivity contribution in [2.24, 2.45) is 5.73 Å². The van der Waals surface area contributed by atoms with Crippen LogP contribution in [0.25, 0.3) is 0 Å². The fourth-order valence-electron chi connectivity index (χ4n) is 2.40. The van der Waals surface area contributed by atoms with Gasteiger partial charge >= 0.3 is 0 Å². The lowest BCUT2D eigenvalue weighted by Crippen LogP contribution is -2.09. The van der Waals surface area contributed by atoms with Crippen molar-refractivity contribution in [3.8, 4) is 5.75 Å². The van der Waals surface area contributed by atoms with Gasteiger partial charge in [-0.25, -0.2) is 4.39 Å². The fourth-order valence-corrected chi connectivity index (χ4v) is 2.40. The monoisotopic (exact) mass is 267 g/mol. The Labute approximate surface area is 113 Å². The molecule has 0 saturated carbocycles. The van der Waals surface area contributed by atoms with Crippen molar-refractivity contribution in [1.82, 2.24) is 0 Å². The number of hydrogen-bond donors (Lipinski definition) is 1. The van der Waals surface area contributed by atoms with Gasteiger partial charge in [0.1, 0.15) is 11.6 Å². The molecule has 0 aliphatic carbocycles. The zero-order chi connectivity index (χ0) is 13.5. The zero-order valence-electron chi connectivity index (χ0n) is 11.2. The van der Waals surface area contributed by atoms with E-state index in [4.69, 9.17) is 15.2 Å². The predicted octanol–water partition coefficient (Wildman–Crippen LogP) is 2.66. The summed E-state index contributed by atoms with van der Waals surface area (Å²) in [5, 5.41) is 0. The molecular weight excluding hydrogens is 245 g/mol. The van der Waals surface area contributed by atoms with Gasteiger partial charge < -0.3 is 15.2 Å². The Morgan fingerprint density at radius 1 is 1.42 bits per heavy atom. The Morgan fingerprint density at radius 3 is 3.05 bits per heavy atom. The van der Waals surface area contributed by atoms with E-state index in [1.54, 1.807) is 6.07 Å². The first kappa shape index (κ1) is 14.3. The van der Waals surface area contributed by atoms with E-state index in [1.807, 2.05) is 0 Å². The maximum Gasteiger partial charge on any atom is 0.123 e. The SMILES string of the molecule is NCCc1cc(F)ccc1OCCCC1CCCO1. The highest BCUT2D eigenvalue weighted by atomic mass is 19.1. The number of hydrogen-bond acceptors (Lipinski definition) is 3. The van der Waals surface area contributed by atoms with Gasteiger partial charge in [0.25, 0.3) is 0 Å². The predicted molar refractivity (Wildman–Crippen MR) is 72.9 cm³/mol. The number of ether oxygens (including phenoxy) is 2. The molecule has 0 radical (unpaired) electrons. The summed E-state index contributed by atoms with van der Waals surface area (Å²) in [6, 6.07) is 4.62. The maximum absolute atomic E-state index is 13.2. The van der Waals surface area contributed by atoms with Gasteiger partial charge in [-0.15, -0.1) is 0 Å². The first-order valence-corrected chi connectivity index (χ1v) is 7.02. The molecule has 1 heterocycles. The van der Waals surface area contributed by atoms with Gasteiger partial charge in [0.05, 0.1) is 12.7 Å². The van der Waals surface area contributed by atoms with Crippen molar-refractivity contribution in [3.05, 3.63) is 29.6 Å². The third-order valence-electron chi connectivity index (χ3n) is 3.39. The second-order valence-electron chi connectivity index (χ2n) is 4.92. The van der Waals surface area contributed by atoms with Crippen molar-refractivity contribution in [1.29, 1.82) is 0 Å². The summed E-state index contributed by atoms with van der Waals surface area (Å²) in [5.41, 5.74) is 6.37. The minimum Gasteiger partial charge on any atom is -0.493 e. The Bertz CT molecular complexity index is 392. The number of halogens is 1. The lowest BCUT2D eigenvalue weighted by Gasteiger charge is -2.12. The lowest BCUT2D eigenvalue weighted by atomic mass is 10.1. The summed E-state index contributed by atoms with van der Waals surface area (Å²) in [7, 11) is 0. The topological polar surface area (TPSA) is 44.5 Å². The van der Waals surface area contributed by atoms with Crippen molar-refractivity contribution in [2.75, 3.05) is 19.8 Å². The summed E-state index contributed by atoms with van der Waals surface area (Å²) in [4.78, 5) is 0. The molecule has 1 aromatic carbocycles. The highest BCUT2D eigenvalue weighted by Crippen LogP contribution is 2.21. The summed E-state index contributed by atoms with van der Waals surface area (Å²) in [6.45, 7) is 2.03. The molecule has 1 unspecified atom stereocenters. The minimum atomic E-state index is -0.241. The zero-order valence-corrected chi connectivity index (χ0v) is 11.2. The van der Waals surface area contributed by atoms with Crippen LogP contribution in [-0.2, 0) is 11.2 Å². The molecule has 0 bridgehead atoms. The lowest BCUT2D eigenvalue weighted by molar-refractivity contribution is 0.0981. The summed E-state index contributed by atoms with van der Waals surface area (Å²) < 4.78 is 24.4. The van der Waals surface area contributed by atoms with E-state index in [2.05, 4.69) is 0 Å². The van der Waals surface area contributed by atoms with E-state index in [0.717, 1.165) is 37.2 Å². The normalized spacial score (nSPS) is 18.7. The molecule has 1 saturated heterocycles. The molecule has 2 rings (SSSR count). The van der Waals surface area contributed by atoms with Gasteiger partial charge in [0.2, 0.25) is 0 Å². The summed E-state index contributed by atoms with van der Waals surface area (Å²) in [6.07, 6.45) is 5.37. The Balaban J connectivity index is 1.77. The highest BCUT2D eigenvalue weighted by molar-refractivity contribution is 5.34. The molecule has 1 aromatic rings. The average molecular weight is 267 g/mol. The van der Waals surface area contributed by atoms with Crippen molar-refractivity contribution < 1.29 is 13.9 Å². The molecule has 0 amide bonds. The molecule has 0 aromatic heterocycles. The second kappa shape index (κ2) is 7.46. The molecule has 1 atom stereocenters. The van der Waals surface area contributed by atoms with Crippen LogP contribution in [0.2, 0.25) is 0 Å². The van der Waals surface area contributed by atoms with Crippen LogP contribution in [0, 0.1) is 5.82 Å². The first-order valence-electron chi connectivity index (χ1n) is 7.02. The standard InChI is InChI=1S/C15H22FNO2/c16-13-5-6-15(12(11-13)7-8-17)19-10-2-4-14-3-1-9-18-14/h5-6,11,14H,1-4,7-10,17H2. The highest BCUT2D eigenvalue weighted by Gasteiger charge is 2.14. The average Bonchev–Trinajstić information content (AvgIpc) is 2.90. The number of rotatable bonds is 7. The van der Waals surface area contributed by atoms with Crippen LogP contribution in [0.1, 0.15) is 31.2 Å². The molecule has 0 spiro atoms. The van der Waals surface area contributed by atoms with Crippen molar-refractivity contribution in [3.63, 3.8) is 0 Å². The van der Waals surface area contributed by atoms with Crippen LogP contribution in [0.4, 0.5) is 4.39 Å². The van der Waals surface area contributed by atoms with E-state index >= 15 is 0 Å². The van der Waals surface area contributed by atoms with Crippen LogP contribution in [0.3, 0.4) is 0 Å². The van der Waals surface area contributed by atoms with E-state index in [1.165, 1.54) is 18.6 Å². The summed E-state index contributed by atoms with van der Waals surface area (Å²) in [5.74, 6) is 0.509. The molecule has 19 heavy (non-hydrogen) atoms. The Hall–Kier alpha value is -1.13. The molecule has 1 aliphatic heterocycles. The number of benzene rings is 1. The van der Waals surface area contributed by atoms with E-state index in [-0.39, 0.29) is 5.82 Å². The Morgan fingerprint density at radius 2 is 2.32 bits per heavy atom. The molecule has 2 N–H and O–H groups in total. The molecule has 1 aliphatic rings. The quantitative estimate of drug-likeness (QED) is 0.772. The van der Waals surface area contributed by atoms with E-state index in [9.17, 15) is 4.39 Å². The molecular formula is C15H22FNO2. The third-order valence-corrected chi connectivity index (χ3v) is 3.39. The largest absolute Gasteiger partial charge is 0.493 e. The smallest absolute Gasteiger partial charge is 0.123 e. The van der Waals surface area contributed by atoms with E-state index in [0.29, 0.717) is 25.7 Å². The van der Waals surface area contributed by atoms with Gasteiger partial charge in [0, 0.05) is 6.61 Å². The van der Waals surface area contributed by atoms with Crippen LogP contribution in [0.5, 0.6) is 5.75 Å². The van der Waals surface area contributed by atoms with Gasteiger partial charge in [-0.3, -0.25) is 0 Å². The number of nitrogens with two attached hydrogens (primary N) is 1. The van der Waals surface area contributed by atoms with E-state index < -0.39 is 0 Å². The van der Waals surface area contributed by atoms with Crippen LogP contribution >= 0.6 is 0 Å². The summed E-state index contributed by atoms with van der Waals surface area (Å²) >= 11 is 0. The maximum atomic E-state index is 13.2. The third kappa shape index (κ3) is 4.48. The van der Waals surface area contributed by atoms with Gasteiger partial charge in [-0.05, 0) is 62.4 Å². The van der Waals surface area contributed by atoms with Crippen molar-refractivity contribution >= 4 is 0 Å². The van der Waals surface area contributed by atoms with Gasteiger partial charge in [-0.1, -0.05) is 0 Å². The minimum absolute atomic E-state index is 0.241. The molecule has 1 fully saturated rings. The first-order chi connectivity index (χ1) is 9.29. The molecule has 3 nitrogen and oxygen atoms in total.